The van der Waals surface area contributed by atoms with Gasteiger partial charge in [-0.15, -0.1) is 0 Å². The first-order valence-corrected chi connectivity index (χ1v) is 6.78. The van der Waals surface area contributed by atoms with E-state index >= 15 is 0 Å². The molecule has 0 saturated heterocycles. The van der Waals surface area contributed by atoms with E-state index in [-0.39, 0.29) is 0 Å². The van der Waals surface area contributed by atoms with E-state index < -0.39 is 0 Å². The molecule has 3 heteroatoms. The van der Waals surface area contributed by atoms with Crippen LogP contribution in [-0.2, 0) is 6.54 Å². The highest BCUT2D eigenvalue weighted by molar-refractivity contribution is 7.22. The van der Waals surface area contributed by atoms with Crippen molar-refractivity contribution in [3.05, 3.63) is 59.7 Å². The van der Waals surface area contributed by atoms with Crippen molar-refractivity contribution in [1.82, 2.24) is 4.98 Å². The molecule has 0 radical (unpaired) electrons. The number of para-hydroxylation sites is 1. The Morgan fingerprint density at radius 2 is 2.00 bits per heavy atom. The van der Waals surface area contributed by atoms with Gasteiger partial charge in [0.15, 0.2) is 5.13 Å². The van der Waals surface area contributed by atoms with Gasteiger partial charge in [-0.2, -0.15) is 0 Å². The number of thiazole rings is 1. The second-order valence-electron chi connectivity index (χ2n) is 4.33. The molecular weight excluding hydrogens is 240 g/mol. The molecule has 2 aromatic carbocycles. The van der Waals surface area contributed by atoms with Crippen LogP contribution in [0.1, 0.15) is 11.1 Å². The molecule has 0 amide bonds. The van der Waals surface area contributed by atoms with Gasteiger partial charge in [-0.3, -0.25) is 0 Å². The minimum absolute atomic E-state index is 0.821. The van der Waals surface area contributed by atoms with Crippen molar-refractivity contribution in [2.75, 3.05) is 5.32 Å². The summed E-state index contributed by atoms with van der Waals surface area (Å²) in [5.41, 5.74) is 3.64. The van der Waals surface area contributed by atoms with Crippen LogP contribution in [0.2, 0.25) is 0 Å². The maximum Gasteiger partial charge on any atom is 0.184 e. The smallest absolute Gasteiger partial charge is 0.184 e. The Labute approximate surface area is 110 Å². The zero-order valence-electron chi connectivity index (χ0n) is 10.2. The van der Waals surface area contributed by atoms with E-state index in [1.165, 1.54) is 15.8 Å². The van der Waals surface area contributed by atoms with Crippen molar-refractivity contribution >= 4 is 26.7 Å². The summed E-state index contributed by atoms with van der Waals surface area (Å²) in [5, 5.41) is 4.37. The molecule has 0 spiro atoms. The highest BCUT2D eigenvalue weighted by Gasteiger charge is 2.02. The number of fused-ring (bicyclic) bond motifs is 1. The first-order valence-electron chi connectivity index (χ1n) is 5.96. The second-order valence-corrected chi connectivity index (χ2v) is 5.36. The molecule has 0 saturated carbocycles. The minimum Gasteiger partial charge on any atom is -0.357 e. The van der Waals surface area contributed by atoms with Gasteiger partial charge in [-0.1, -0.05) is 53.3 Å². The average molecular weight is 254 g/mol. The van der Waals surface area contributed by atoms with Gasteiger partial charge in [-0.25, -0.2) is 4.98 Å². The highest BCUT2D eigenvalue weighted by atomic mass is 32.1. The van der Waals surface area contributed by atoms with E-state index in [1.807, 2.05) is 18.2 Å². The largest absolute Gasteiger partial charge is 0.357 e. The van der Waals surface area contributed by atoms with Crippen molar-refractivity contribution in [3.63, 3.8) is 0 Å². The Hall–Kier alpha value is -1.87. The Morgan fingerprint density at radius 1 is 1.11 bits per heavy atom. The van der Waals surface area contributed by atoms with Gasteiger partial charge in [0.2, 0.25) is 0 Å². The molecule has 1 N–H and O–H groups in total. The Morgan fingerprint density at radius 3 is 2.83 bits per heavy atom. The van der Waals surface area contributed by atoms with Crippen LogP contribution < -0.4 is 5.32 Å². The highest BCUT2D eigenvalue weighted by Crippen LogP contribution is 2.25. The van der Waals surface area contributed by atoms with Gasteiger partial charge in [0.05, 0.1) is 10.2 Å². The number of aryl methyl sites for hydroxylation is 1. The summed E-state index contributed by atoms with van der Waals surface area (Å²) in [7, 11) is 0. The van der Waals surface area contributed by atoms with Gasteiger partial charge in [0, 0.05) is 6.54 Å². The molecule has 1 heterocycles. The number of nitrogens with zero attached hydrogens (tertiary/aromatic N) is 1. The number of benzene rings is 2. The fourth-order valence-electron chi connectivity index (χ4n) is 1.95. The van der Waals surface area contributed by atoms with Crippen molar-refractivity contribution in [3.8, 4) is 0 Å². The minimum atomic E-state index is 0.821. The fraction of sp³-hybridized carbons (Fsp3) is 0.133. The van der Waals surface area contributed by atoms with Crippen molar-refractivity contribution in [2.45, 2.75) is 13.5 Å². The molecule has 0 aliphatic carbocycles. The summed E-state index contributed by atoms with van der Waals surface area (Å²) in [6.07, 6.45) is 0. The SMILES string of the molecule is Cc1cccc(CNc2nc3ccccc3s2)c1. The van der Waals surface area contributed by atoms with Crippen LogP contribution in [0.25, 0.3) is 10.2 Å². The lowest BCUT2D eigenvalue weighted by Gasteiger charge is -2.03. The van der Waals surface area contributed by atoms with Crippen LogP contribution in [0, 0.1) is 6.92 Å². The number of aromatic nitrogens is 1. The lowest BCUT2D eigenvalue weighted by atomic mass is 10.1. The molecule has 3 rings (SSSR count). The molecule has 0 unspecified atom stereocenters. The summed E-state index contributed by atoms with van der Waals surface area (Å²) in [5.74, 6) is 0. The maximum absolute atomic E-state index is 4.56. The second kappa shape index (κ2) is 4.78. The summed E-state index contributed by atoms with van der Waals surface area (Å²) < 4.78 is 1.23. The third kappa shape index (κ3) is 2.36. The third-order valence-corrected chi connectivity index (χ3v) is 3.81. The Balaban J connectivity index is 1.76. The van der Waals surface area contributed by atoms with Crippen LogP contribution in [0.4, 0.5) is 5.13 Å². The number of hydrogen-bond acceptors (Lipinski definition) is 3. The molecule has 0 aliphatic rings. The number of anilines is 1. The van der Waals surface area contributed by atoms with Gasteiger partial charge in [-0.05, 0) is 24.6 Å². The van der Waals surface area contributed by atoms with Gasteiger partial charge >= 0.3 is 0 Å². The zero-order valence-corrected chi connectivity index (χ0v) is 11.0. The summed E-state index contributed by atoms with van der Waals surface area (Å²) in [4.78, 5) is 4.56. The molecular formula is C15H14N2S. The molecule has 1 aromatic heterocycles. The van der Waals surface area contributed by atoms with E-state index in [0.717, 1.165) is 17.2 Å². The molecule has 3 aromatic rings. The summed E-state index contributed by atoms with van der Waals surface area (Å²) in [6, 6.07) is 16.7. The van der Waals surface area contributed by atoms with Crippen LogP contribution in [0.3, 0.4) is 0 Å². The van der Waals surface area contributed by atoms with Crippen LogP contribution in [0.5, 0.6) is 0 Å². The summed E-state index contributed by atoms with van der Waals surface area (Å²) in [6.45, 7) is 2.93. The van der Waals surface area contributed by atoms with E-state index in [9.17, 15) is 0 Å². The Kier molecular flexibility index (Phi) is 2.99. The van der Waals surface area contributed by atoms with Crippen LogP contribution in [-0.4, -0.2) is 4.98 Å². The van der Waals surface area contributed by atoms with E-state index in [4.69, 9.17) is 0 Å². The summed E-state index contributed by atoms with van der Waals surface area (Å²) >= 11 is 1.70. The third-order valence-electron chi connectivity index (χ3n) is 2.82. The van der Waals surface area contributed by atoms with E-state index in [1.54, 1.807) is 11.3 Å². The molecule has 90 valence electrons. The van der Waals surface area contributed by atoms with Crippen LogP contribution in [0.15, 0.2) is 48.5 Å². The van der Waals surface area contributed by atoms with Gasteiger partial charge in [0.1, 0.15) is 0 Å². The first-order chi connectivity index (χ1) is 8.81. The normalized spacial score (nSPS) is 10.7. The van der Waals surface area contributed by atoms with Gasteiger partial charge < -0.3 is 5.32 Å². The molecule has 2 nitrogen and oxygen atoms in total. The molecule has 0 fully saturated rings. The quantitative estimate of drug-likeness (QED) is 0.757. The van der Waals surface area contributed by atoms with Crippen molar-refractivity contribution in [2.24, 2.45) is 0 Å². The molecule has 18 heavy (non-hydrogen) atoms. The monoisotopic (exact) mass is 254 g/mol. The number of rotatable bonds is 3. The lowest BCUT2D eigenvalue weighted by Crippen LogP contribution is -1.98. The van der Waals surface area contributed by atoms with Crippen molar-refractivity contribution in [1.29, 1.82) is 0 Å². The maximum atomic E-state index is 4.56. The molecule has 0 aliphatic heterocycles. The van der Waals surface area contributed by atoms with E-state index in [2.05, 4.69) is 47.6 Å². The molecule has 0 bridgehead atoms. The standard InChI is InChI=1S/C15H14N2S/c1-11-5-4-6-12(9-11)10-16-15-17-13-7-2-3-8-14(13)18-15/h2-9H,10H2,1H3,(H,16,17). The number of nitrogens with one attached hydrogen (secondary N) is 1. The number of hydrogen-bond donors (Lipinski definition) is 1. The Bertz CT molecular complexity index is 640. The lowest BCUT2D eigenvalue weighted by molar-refractivity contribution is 1.13. The predicted molar refractivity (Wildman–Crippen MR) is 78.1 cm³/mol. The average Bonchev–Trinajstić information content (AvgIpc) is 2.79. The molecule has 0 atom stereocenters. The van der Waals surface area contributed by atoms with Gasteiger partial charge in [0.25, 0.3) is 0 Å². The first kappa shape index (κ1) is 11.2. The zero-order chi connectivity index (χ0) is 12.4. The van der Waals surface area contributed by atoms with Crippen LogP contribution >= 0.6 is 11.3 Å². The predicted octanol–water partition coefficient (Wildman–Crippen LogP) is 4.22. The van der Waals surface area contributed by atoms with E-state index in [0.29, 0.717) is 0 Å². The topological polar surface area (TPSA) is 24.9 Å². The fourth-order valence-corrected chi connectivity index (χ4v) is 2.81. The van der Waals surface area contributed by atoms with Crippen molar-refractivity contribution < 1.29 is 0 Å².